The molecule has 0 amide bonds. The maximum atomic E-state index is 9.47. The minimum absolute atomic E-state index is 0.225. The number of aromatic amines is 1. The molecule has 130 valence electrons. The molecule has 1 aliphatic rings. The number of β-amino-alcohol motifs (C(OH)–C–C–N with tert-alkyl or cyclic N) is 1. The number of aliphatic hydroxyl groups excluding tert-OH is 1. The number of aliphatic hydroxyl groups is 1. The van der Waals surface area contributed by atoms with Crippen LogP contribution in [-0.4, -0.2) is 52.5 Å². The Labute approximate surface area is 144 Å². The lowest BCUT2D eigenvalue weighted by atomic mass is 9.96. The van der Waals surface area contributed by atoms with Crippen molar-refractivity contribution in [2.45, 2.75) is 32.4 Å². The highest BCUT2D eigenvalue weighted by Crippen LogP contribution is 2.21. The van der Waals surface area contributed by atoms with Crippen LogP contribution in [0.2, 0.25) is 0 Å². The first-order chi connectivity index (χ1) is 11.7. The summed E-state index contributed by atoms with van der Waals surface area (Å²) >= 11 is 0. The molecule has 24 heavy (non-hydrogen) atoms. The number of rotatable bonds is 7. The van der Waals surface area contributed by atoms with E-state index in [1.807, 2.05) is 19.2 Å². The monoisotopic (exact) mass is 328 g/mol. The quantitative estimate of drug-likeness (QED) is 0.729. The topological polar surface area (TPSA) is 64.2 Å². The van der Waals surface area contributed by atoms with Crippen molar-refractivity contribution in [1.82, 2.24) is 20.4 Å². The first-order valence-electron chi connectivity index (χ1n) is 8.91. The summed E-state index contributed by atoms with van der Waals surface area (Å²) < 4.78 is 0. The molecule has 1 fully saturated rings. The van der Waals surface area contributed by atoms with Crippen molar-refractivity contribution in [3.8, 4) is 11.3 Å². The van der Waals surface area contributed by atoms with Gasteiger partial charge < -0.3 is 15.3 Å². The van der Waals surface area contributed by atoms with Crippen LogP contribution in [0, 0.1) is 5.92 Å². The number of piperidine rings is 1. The summed E-state index contributed by atoms with van der Waals surface area (Å²) in [5.74, 6) is 0.724. The van der Waals surface area contributed by atoms with Crippen molar-refractivity contribution in [2.75, 3.05) is 26.2 Å². The molecule has 1 saturated heterocycles. The molecule has 0 bridgehead atoms. The van der Waals surface area contributed by atoms with Gasteiger partial charge in [-0.3, -0.25) is 5.10 Å². The standard InChI is InChI=1S/C19H28N4O/c1-15(24)14-23-9-7-16(8-10-23)11-20-12-18-13-21-22-19(18)17-5-3-2-4-6-17/h2-6,13,15-16,20,24H,7-12,14H2,1H3,(H,21,22)/t15-/m0/s1. The fourth-order valence-electron chi connectivity index (χ4n) is 3.46. The molecule has 2 aromatic rings. The summed E-state index contributed by atoms with van der Waals surface area (Å²) in [4.78, 5) is 2.37. The molecule has 5 nitrogen and oxygen atoms in total. The lowest BCUT2D eigenvalue weighted by molar-refractivity contribution is 0.0998. The van der Waals surface area contributed by atoms with Gasteiger partial charge in [0, 0.05) is 18.7 Å². The molecule has 3 N–H and O–H groups in total. The van der Waals surface area contributed by atoms with Gasteiger partial charge in [-0.25, -0.2) is 0 Å². The number of likely N-dealkylation sites (tertiary alicyclic amines) is 1. The van der Waals surface area contributed by atoms with E-state index in [0.29, 0.717) is 0 Å². The molecule has 2 heterocycles. The Bertz CT molecular complexity index is 603. The van der Waals surface area contributed by atoms with Crippen LogP contribution < -0.4 is 5.32 Å². The minimum Gasteiger partial charge on any atom is -0.392 e. The van der Waals surface area contributed by atoms with Crippen LogP contribution in [0.4, 0.5) is 0 Å². The Hall–Kier alpha value is -1.69. The van der Waals surface area contributed by atoms with E-state index in [0.717, 1.165) is 44.3 Å². The molecule has 1 aliphatic heterocycles. The van der Waals surface area contributed by atoms with E-state index < -0.39 is 0 Å². The molecule has 5 heteroatoms. The zero-order chi connectivity index (χ0) is 16.8. The highest BCUT2D eigenvalue weighted by molar-refractivity contribution is 5.62. The summed E-state index contributed by atoms with van der Waals surface area (Å²) in [7, 11) is 0. The van der Waals surface area contributed by atoms with Crippen LogP contribution in [0.1, 0.15) is 25.3 Å². The van der Waals surface area contributed by atoms with Crippen LogP contribution in [0.5, 0.6) is 0 Å². The van der Waals surface area contributed by atoms with Crippen molar-refractivity contribution in [1.29, 1.82) is 0 Å². The SMILES string of the molecule is C[C@H](O)CN1CCC(CNCc2cn[nH]c2-c2ccccc2)CC1. The molecule has 3 rings (SSSR count). The molecule has 1 aromatic heterocycles. The molecular weight excluding hydrogens is 300 g/mol. The van der Waals surface area contributed by atoms with Crippen LogP contribution in [0.25, 0.3) is 11.3 Å². The van der Waals surface area contributed by atoms with Crippen LogP contribution in [0.3, 0.4) is 0 Å². The Kier molecular flexibility index (Phi) is 6.01. The molecule has 0 radical (unpaired) electrons. The Morgan fingerprint density at radius 3 is 2.75 bits per heavy atom. The van der Waals surface area contributed by atoms with E-state index in [1.165, 1.54) is 24.0 Å². The summed E-state index contributed by atoms with van der Waals surface area (Å²) in [6, 6.07) is 10.3. The largest absolute Gasteiger partial charge is 0.392 e. The van der Waals surface area contributed by atoms with Crippen molar-refractivity contribution in [3.05, 3.63) is 42.1 Å². The molecule has 0 unspecified atom stereocenters. The van der Waals surface area contributed by atoms with Crippen molar-refractivity contribution >= 4 is 0 Å². The predicted molar refractivity (Wildman–Crippen MR) is 96.6 cm³/mol. The number of nitrogens with one attached hydrogen (secondary N) is 2. The Morgan fingerprint density at radius 2 is 2.04 bits per heavy atom. The third kappa shape index (κ3) is 4.66. The second-order valence-electron chi connectivity index (χ2n) is 6.86. The predicted octanol–water partition coefficient (Wildman–Crippen LogP) is 2.26. The third-order valence-electron chi connectivity index (χ3n) is 4.76. The van der Waals surface area contributed by atoms with Gasteiger partial charge in [-0.2, -0.15) is 5.10 Å². The summed E-state index contributed by atoms with van der Waals surface area (Å²) in [5, 5.41) is 20.4. The van der Waals surface area contributed by atoms with Gasteiger partial charge in [-0.1, -0.05) is 30.3 Å². The van der Waals surface area contributed by atoms with Gasteiger partial charge in [-0.05, 0) is 50.9 Å². The zero-order valence-corrected chi connectivity index (χ0v) is 14.4. The van der Waals surface area contributed by atoms with E-state index in [1.54, 1.807) is 0 Å². The van der Waals surface area contributed by atoms with Crippen LogP contribution in [0.15, 0.2) is 36.5 Å². The van der Waals surface area contributed by atoms with E-state index in [2.05, 4.69) is 44.7 Å². The number of hydrogen-bond acceptors (Lipinski definition) is 4. The first-order valence-corrected chi connectivity index (χ1v) is 8.91. The van der Waals surface area contributed by atoms with Gasteiger partial charge in [0.25, 0.3) is 0 Å². The van der Waals surface area contributed by atoms with Gasteiger partial charge in [0.1, 0.15) is 0 Å². The minimum atomic E-state index is -0.225. The van der Waals surface area contributed by atoms with Crippen LogP contribution >= 0.6 is 0 Å². The number of nitrogens with zero attached hydrogens (tertiary/aromatic N) is 2. The van der Waals surface area contributed by atoms with Crippen molar-refractivity contribution < 1.29 is 5.11 Å². The van der Waals surface area contributed by atoms with Gasteiger partial charge in [0.05, 0.1) is 18.0 Å². The fraction of sp³-hybridized carbons (Fsp3) is 0.526. The summed E-state index contributed by atoms with van der Waals surface area (Å²) in [6.45, 7) is 6.74. The third-order valence-corrected chi connectivity index (χ3v) is 4.76. The van der Waals surface area contributed by atoms with Crippen LogP contribution in [-0.2, 0) is 6.54 Å². The van der Waals surface area contributed by atoms with Crippen molar-refractivity contribution in [2.24, 2.45) is 5.92 Å². The van der Waals surface area contributed by atoms with Crippen molar-refractivity contribution in [3.63, 3.8) is 0 Å². The number of H-pyrrole nitrogens is 1. The second-order valence-corrected chi connectivity index (χ2v) is 6.86. The average Bonchev–Trinajstić information content (AvgIpc) is 3.05. The maximum Gasteiger partial charge on any atom is 0.0695 e. The van der Waals surface area contributed by atoms with E-state index in [9.17, 15) is 5.11 Å². The van der Waals surface area contributed by atoms with Gasteiger partial charge >= 0.3 is 0 Å². The zero-order valence-electron chi connectivity index (χ0n) is 14.4. The fourth-order valence-corrected chi connectivity index (χ4v) is 3.46. The molecular formula is C19H28N4O. The number of hydrogen-bond donors (Lipinski definition) is 3. The number of aromatic nitrogens is 2. The smallest absolute Gasteiger partial charge is 0.0695 e. The number of benzene rings is 1. The second kappa shape index (κ2) is 8.42. The first kappa shape index (κ1) is 17.1. The van der Waals surface area contributed by atoms with Gasteiger partial charge in [-0.15, -0.1) is 0 Å². The van der Waals surface area contributed by atoms with E-state index in [4.69, 9.17) is 0 Å². The van der Waals surface area contributed by atoms with E-state index in [-0.39, 0.29) is 6.10 Å². The highest BCUT2D eigenvalue weighted by Gasteiger charge is 2.19. The average molecular weight is 328 g/mol. The maximum absolute atomic E-state index is 9.47. The molecule has 0 saturated carbocycles. The summed E-state index contributed by atoms with van der Waals surface area (Å²) in [5.41, 5.74) is 3.50. The van der Waals surface area contributed by atoms with E-state index >= 15 is 0 Å². The Morgan fingerprint density at radius 1 is 1.29 bits per heavy atom. The lowest BCUT2D eigenvalue weighted by Crippen LogP contribution is -2.40. The van der Waals surface area contributed by atoms with Gasteiger partial charge in [0.15, 0.2) is 0 Å². The van der Waals surface area contributed by atoms with Gasteiger partial charge in [0.2, 0.25) is 0 Å². The lowest BCUT2D eigenvalue weighted by Gasteiger charge is -2.32. The normalized spacial score (nSPS) is 17.9. The highest BCUT2D eigenvalue weighted by atomic mass is 16.3. The molecule has 0 aliphatic carbocycles. The Balaban J connectivity index is 1.44. The molecule has 0 spiro atoms. The molecule has 1 aromatic carbocycles. The molecule has 1 atom stereocenters. The summed E-state index contributed by atoms with van der Waals surface area (Å²) in [6.07, 6.45) is 4.10.